The van der Waals surface area contributed by atoms with Crippen molar-refractivity contribution >= 4 is 23.2 Å². The van der Waals surface area contributed by atoms with Gasteiger partial charge in [0.25, 0.3) is 0 Å². The summed E-state index contributed by atoms with van der Waals surface area (Å²) in [6, 6.07) is 7.02. The SMILES string of the molecule is CC(NC(C1CC1)C1CC1)c1ccc(Cl)c(Cl)c1. The molecule has 1 nitrogen and oxygen atoms in total. The molecule has 98 valence electrons. The van der Waals surface area contributed by atoms with Crippen LogP contribution in [0.5, 0.6) is 0 Å². The van der Waals surface area contributed by atoms with Gasteiger partial charge in [0.1, 0.15) is 0 Å². The first-order valence-electron chi connectivity index (χ1n) is 6.86. The van der Waals surface area contributed by atoms with E-state index in [1.807, 2.05) is 12.1 Å². The Morgan fingerprint density at radius 2 is 1.67 bits per heavy atom. The van der Waals surface area contributed by atoms with Crippen molar-refractivity contribution in [3.05, 3.63) is 33.8 Å². The van der Waals surface area contributed by atoms with Gasteiger partial charge in [0.15, 0.2) is 0 Å². The van der Waals surface area contributed by atoms with Crippen LogP contribution in [0.4, 0.5) is 0 Å². The number of benzene rings is 1. The van der Waals surface area contributed by atoms with Gasteiger partial charge in [0.2, 0.25) is 0 Å². The molecule has 1 N–H and O–H groups in total. The molecule has 0 saturated heterocycles. The van der Waals surface area contributed by atoms with E-state index in [4.69, 9.17) is 23.2 Å². The lowest BCUT2D eigenvalue weighted by atomic mass is 10.0. The van der Waals surface area contributed by atoms with Gasteiger partial charge in [-0.2, -0.15) is 0 Å². The van der Waals surface area contributed by atoms with Crippen LogP contribution in [0.3, 0.4) is 0 Å². The van der Waals surface area contributed by atoms with Crippen molar-refractivity contribution in [3.8, 4) is 0 Å². The fraction of sp³-hybridized carbons (Fsp3) is 0.600. The zero-order chi connectivity index (χ0) is 12.7. The lowest BCUT2D eigenvalue weighted by Gasteiger charge is -2.23. The predicted molar refractivity (Wildman–Crippen MR) is 77.2 cm³/mol. The van der Waals surface area contributed by atoms with E-state index in [-0.39, 0.29) is 0 Å². The molecule has 3 rings (SSSR count). The van der Waals surface area contributed by atoms with Gasteiger partial charge in [-0.25, -0.2) is 0 Å². The van der Waals surface area contributed by atoms with Crippen molar-refractivity contribution in [1.82, 2.24) is 5.32 Å². The molecule has 0 radical (unpaired) electrons. The highest BCUT2D eigenvalue weighted by atomic mass is 35.5. The molecule has 2 fully saturated rings. The summed E-state index contributed by atoms with van der Waals surface area (Å²) in [4.78, 5) is 0. The van der Waals surface area contributed by atoms with Gasteiger partial charge in [-0.1, -0.05) is 29.3 Å². The van der Waals surface area contributed by atoms with Gasteiger partial charge < -0.3 is 5.32 Å². The largest absolute Gasteiger partial charge is 0.307 e. The molecule has 0 bridgehead atoms. The van der Waals surface area contributed by atoms with Crippen LogP contribution in [0, 0.1) is 11.8 Å². The van der Waals surface area contributed by atoms with E-state index < -0.39 is 0 Å². The number of hydrogen-bond donors (Lipinski definition) is 1. The number of hydrogen-bond acceptors (Lipinski definition) is 1. The maximum absolute atomic E-state index is 6.08. The minimum Gasteiger partial charge on any atom is -0.307 e. The third kappa shape index (κ3) is 2.84. The fourth-order valence-corrected chi connectivity index (χ4v) is 3.04. The first kappa shape index (κ1) is 12.8. The zero-order valence-corrected chi connectivity index (χ0v) is 12.1. The highest BCUT2D eigenvalue weighted by Crippen LogP contribution is 2.45. The molecule has 1 atom stereocenters. The number of halogens is 2. The van der Waals surface area contributed by atoms with Crippen molar-refractivity contribution in [2.75, 3.05) is 0 Å². The molecular formula is C15H19Cl2N. The molecule has 0 amide bonds. The second-order valence-electron chi connectivity index (χ2n) is 5.76. The molecule has 18 heavy (non-hydrogen) atoms. The Bertz CT molecular complexity index is 426. The van der Waals surface area contributed by atoms with Gasteiger partial charge in [-0.3, -0.25) is 0 Å². The summed E-state index contributed by atoms with van der Waals surface area (Å²) in [5.41, 5.74) is 1.23. The Balaban J connectivity index is 1.68. The van der Waals surface area contributed by atoms with E-state index in [0.29, 0.717) is 16.1 Å². The maximum atomic E-state index is 6.08. The topological polar surface area (TPSA) is 12.0 Å². The van der Waals surface area contributed by atoms with Crippen molar-refractivity contribution in [3.63, 3.8) is 0 Å². The van der Waals surface area contributed by atoms with Gasteiger partial charge >= 0.3 is 0 Å². The van der Waals surface area contributed by atoms with Gasteiger partial charge in [-0.05, 0) is 62.1 Å². The van der Waals surface area contributed by atoms with Crippen LogP contribution in [0.25, 0.3) is 0 Å². The first-order valence-corrected chi connectivity index (χ1v) is 7.61. The third-order valence-electron chi connectivity index (χ3n) is 4.15. The summed E-state index contributed by atoms with van der Waals surface area (Å²) >= 11 is 12.0. The smallest absolute Gasteiger partial charge is 0.0595 e. The van der Waals surface area contributed by atoms with Crippen LogP contribution in [0.2, 0.25) is 10.0 Å². The van der Waals surface area contributed by atoms with E-state index >= 15 is 0 Å². The van der Waals surface area contributed by atoms with E-state index in [0.717, 1.165) is 17.9 Å². The Hall–Kier alpha value is -0.240. The van der Waals surface area contributed by atoms with Gasteiger partial charge in [0.05, 0.1) is 10.0 Å². The fourth-order valence-electron chi connectivity index (χ4n) is 2.73. The second kappa shape index (κ2) is 5.03. The van der Waals surface area contributed by atoms with Gasteiger partial charge in [0, 0.05) is 12.1 Å². The average molecular weight is 284 g/mol. The Morgan fingerprint density at radius 1 is 1.06 bits per heavy atom. The van der Waals surface area contributed by atoms with Crippen molar-refractivity contribution < 1.29 is 0 Å². The van der Waals surface area contributed by atoms with Crippen LogP contribution in [-0.2, 0) is 0 Å². The molecule has 2 aliphatic rings. The van der Waals surface area contributed by atoms with Gasteiger partial charge in [-0.15, -0.1) is 0 Å². The Kier molecular flexibility index (Phi) is 3.57. The predicted octanol–water partition coefficient (Wildman–Crippen LogP) is 4.83. The monoisotopic (exact) mass is 283 g/mol. The summed E-state index contributed by atoms with van der Waals surface area (Å²) in [6.45, 7) is 2.22. The molecule has 0 aliphatic heterocycles. The summed E-state index contributed by atoms with van der Waals surface area (Å²) in [7, 11) is 0. The normalized spacial score (nSPS) is 21.3. The van der Waals surface area contributed by atoms with E-state index in [1.54, 1.807) is 0 Å². The first-order chi connectivity index (χ1) is 8.65. The molecule has 1 aromatic carbocycles. The Labute approximate surface area is 119 Å². The van der Waals surface area contributed by atoms with Crippen LogP contribution < -0.4 is 5.32 Å². The van der Waals surface area contributed by atoms with Crippen molar-refractivity contribution in [2.45, 2.75) is 44.7 Å². The minimum absolute atomic E-state index is 0.353. The summed E-state index contributed by atoms with van der Waals surface area (Å²) in [5.74, 6) is 1.84. The van der Waals surface area contributed by atoms with E-state index in [2.05, 4.69) is 18.3 Å². The van der Waals surface area contributed by atoms with Crippen molar-refractivity contribution in [2.24, 2.45) is 11.8 Å². The summed E-state index contributed by atoms with van der Waals surface area (Å²) in [6.07, 6.45) is 5.62. The molecule has 1 aromatic rings. The molecule has 0 aromatic heterocycles. The second-order valence-corrected chi connectivity index (χ2v) is 6.58. The summed E-state index contributed by atoms with van der Waals surface area (Å²) in [5, 5.41) is 5.09. The molecule has 0 heterocycles. The number of nitrogens with one attached hydrogen (secondary N) is 1. The van der Waals surface area contributed by atoms with Crippen LogP contribution in [-0.4, -0.2) is 6.04 Å². The molecular weight excluding hydrogens is 265 g/mol. The minimum atomic E-state index is 0.353. The molecule has 3 heteroatoms. The molecule has 1 unspecified atom stereocenters. The van der Waals surface area contributed by atoms with Crippen molar-refractivity contribution in [1.29, 1.82) is 0 Å². The number of rotatable bonds is 5. The highest BCUT2D eigenvalue weighted by Gasteiger charge is 2.41. The van der Waals surface area contributed by atoms with Crippen LogP contribution >= 0.6 is 23.2 Å². The lowest BCUT2D eigenvalue weighted by Crippen LogP contribution is -2.35. The quantitative estimate of drug-likeness (QED) is 0.816. The molecule has 0 spiro atoms. The zero-order valence-electron chi connectivity index (χ0n) is 10.6. The maximum Gasteiger partial charge on any atom is 0.0595 e. The standard InChI is InChI=1S/C15H19Cl2N/c1-9(12-6-7-13(16)14(17)8-12)18-15(10-2-3-10)11-4-5-11/h6-11,15,18H,2-5H2,1H3. The highest BCUT2D eigenvalue weighted by molar-refractivity contribution is 6.42. The van der Waals surface area contributed by atoms with Crippen LogP contribution in [0.15, 0.2) is 18.2 Å². The average Bonchev–Trinajstić information content (AvgIpc) is 3.22. The Morgan fingerprint density at radius 3 is 2.17 bits per heavy atom. The van der Waals surface area contributed by atoms with Crippen LogP contribution in [0.1, 0.15) is 44.2 Å². The molecule has 2 saturated carbocycles. The molecule has 2 aliphatic carbocycles. The third-order valence-corrected chi connectivity index (χ3v) is 4.88. The summed E-state index contributed by atoms with van der Waals surface area (Å²) < 4.78 is 0. The van der Waals surface area contributed by atoms with E-state index in [9.17, 15) is 0 Å². The van der Waals surface area contributed by atoms with E-state index in [1.165, 1.54) is 31.2 Å². The lowest BCUT2D eigenvalue weighted by molar-refractivity contribution is 0.377.